The minimum Gasteiger partial charge on any atom is -0.395 e. The second kappa shape index (κ2) is 4.08. The summed E-state index contributed by atoms with van der Waals surface area (Å²) in [4.78, 5) is 0. The quantitative estimate of drug-likeness (QED) is 0.884. The van der Waals surface area contributed by atoms with Crippen LogP contribution in [-0.2, 0) is 9.84 Å². The van der Waals surface area contributed by atoms with E-state index in [2.05, 4.69) is 0 Å². The summed E-state index contributed by atoms with van der Waals surface area (Å²) in [5.41, 5.74) is 0.691. The van der Waals surface area contributed by atoms with Gasteiger partial charge in [0, 0.05) is 12.2 Å². The van der Waals surface area contributed by atoms with Gasteiger partial charge >= 0.3 is 0 Å². The Kier molecular flexibility index (Phi) is 2.96. The molecule has 1 aromatic rings. The summed E-state index contributed by atoms with van der Waals surface area (Å²) in [5.74, 6) is -0.428. The fourth-order valence-corrected chi connectivity index (χ4v) is 4.49. The Morgan fingerprint density at radius 3 is 2.28 bits per heavy atom. The van der Waals surface area contributed by atoms with Gasteiger partial charge in [0.25, 0.3) is 0 Å². The van der Waals surface area contributed by atoms with Gasteiger partial charge in [-0.05, 0) is 12.5 Å². The van der Waals surface area contributed by atoms with Gasteiger partial charge in [-0.1, -0.05) is 29.8 Å². The zero-order chi connectivity index (χ0) is 13.6. The molecule has 0 bridgehead atoms. The molecule has 18 heavy (non-hydrogen) atoms. The Bertz CT molecular complexity index is 600. The molecule has 3 atom stereocenters. The van der Waals surface area contributed by atoms with Crippen molar-refractivity contribution in [1.29, 1.82) is 5.26 Å². The Morgan fingerprint density at radius 2 is 1.94 bits per heavy atom. The first-order chi connectivity index (χ1) is 8.36. The number of rotatable bonds is 3. The van der Waals surface area contributed by atoms with Crippen molar-refractivity contribution in [2.75, 3.05) is 12.9 Å². The molecule has 5 heteroatoms. The Labute approximate surface area is 107 Å². The number of benzene rings is 1. The van der Waals surface area contributed by atoms with Gasteiger partial charge < -0.3 is 5.11 Å². The van der Waals surface area contributed by atoms with Crippen molar-refractivity contribution in [3.05, 3.63) is 35.4 Å². The van der Waals surface area contributed by atoms with E-state index >= 15 is 0 Å². The SMILES string of the molecule is Cc1ccc([C@@H]2[C@@H](S(C)(=O)=O)[C@@]2(C#N)CO)cc1. The summed E-state index contributed by atoms with van der Waals surface area (Å²) < 4.78 is 23.4. The molecule has 0 aromatic heterocycles. The van der Waals surface area contributed by atoms with Gasteiger partial charge in [-0.25, -0.2) is 8.42 Å². The summed E-state index contributed by atoms with van der Waals surface area (Å²) in [6.07, 6.45) is 1.12. The van der Waals surface area contributed by atoms with Gasteiger partial charge in [0.15, 0.2) is 9.84 Å². The summed E-state index contributed by atoms with van der Waals surface area (Å²) in [6, 6.07) is 9.41. The van der Waals surface area contributed by atoms with E-state index in [1.165, 1.54) is 0 Å². The van der Waals surface area contributed by atoms with Crippen molar-refractivity contribution in [2.45, 2.75) is 18.1 Å². The molecule has 2 rings (SSSR count). The predicted octanol–water partition coefficient (Wildman–Crippen LogP) is 1.01. The normalized spacial score (nSPS) is 30.8. The zero-order valence-corrected chi connectivity index (χ0v) is 11.1. The maximum absolute atomic E-state index is 11.7. The van der Waals surface area contributed by atoms with Crippen LogP contribution in [0.4, 0.5) is 0 Å². The lowest BCUT2D eigenvalue weighted by molar-refractivity contribution is 0.242. The summed E-state index contributed by atoms with van der Waals surface area (Å²) in [7, 11) is -3.35. The lowest BCUT2D eigenvalue weighted by Gasteiger charge is -2.03. The number of hydrogen-bond acceptors (Lipinski definition) is 4. The summed E-state index contributed by atoms with van der Waals surface area (Å²) in [5, 5.41) is 17.8. The molecule has 0 unspecified atom stereocenters. The lowest BCUT2D eigenvalue weighted by Crippen LogP contribution is -2.16. The van der Waals surface area contributed by atoms with Crippen LogP contribution in [0.25, 0.3) is 0 Å². The molecule has 4 nitrogen and oxygen atoms in total. The van der Waals surface area contributed by atoms with E-state index in [9.17, 15) is 18.8 Å². The predicted molar refractivity (Wildman–Crippen MR) is 67.7 cm³/mol. The van der Waals surface area contributed by atoms with Crippen molar-refractivity contribution in [2.24, 2.45) is 5.41 Å². The third kappa shape index (κ3) is 1.82. The van der Waals surface area contributed by atoms with Crippen molar-refractivity contribution in [3.63, 3.8) is 0 Å². The summed E-state index contributed by atoms with van der Waals surface area (Å²) >= 11 is 0. The summed E-state index contributed by atoms with van der Waals surface area (Å²) in [6.45, 7) is 1.51. The van der Waals surface area contributed by atoms with Crippen LogP contribution in [0.5, 0.6) is 0 Å². The molecular weight excluding hydrogens is 250 g/mol. The van der Waals surface area contributed by atoms with Crippen LogP contribution in [-0.4, -0.2) is 31.6 Å². The number of nitrogens with zero attached hydrogens (tertiary/aromatic N) is 1. The van der Waals surface area contributed by atoms with E-state index in [0.717, 1.165) is 17.4 Å². The first-order valence-electron chi connectivity index (χ1n) is 5.64. The Hall–Kier alpha value is -1.38. The van der Waals surface area contributed by atoms with Gasteiger partial charge in [-0.15, -0.1) is 0 Å². The maximum atomic E-state index is 11.7. The number of aliphatic hydroxyl groups is 1. The van der Waals surface area contributed by atoms with Crippen LogP contribution >= 0.6 is 0 Å². The highest BCUT2D eigenvalue weighted by molar-refractivity contribution is 7.91. The van der Waals surface area contributed by atoms with Gasteiger partial charge in [0.1, 0.15) is 5.41 Å². The van der Waals surface area contributed by atoms with Gasteiger partial charge in [0.05, 0.1) is 17.9 Å². The van der Waals surface area contributed by atoms with Crippen LogP contribution in [0.3, 0.4) is 0 Å². The number of hydrogen-bond donors (Lipinski definition) is 1. The molecule has 1 aliphatic carbocycles. The number of aliphatic hydroxyl groups excluding tert-OH is 1. The van der Waals surface area contributed by atoms with Crippen LogP contribution in [0.1, 0.15) is 17.0 Å². The van der Waals surface area contributed by atoms with Crippen molar-refractivity contribution >= 4 is 9.84 Å². The van der Waals surface area contributed by atoms with Gasteiger partial charge in [-0.3, -0.25) is 0 Å². The van der Waals surface area contributed by atoms with Crippen molar-refractivity contribution < 1.29 is 13.5 Å². The molecule has 96 valence electrons. The average molecular weight is 265 g/mol. The van der Waals surface area contributed by atoms with E-state index in [4.69, 9.17) is 0 Å². The van der Waals surface area contributed by atoms with E-state index in [1.54, 1.807) is 0 Å². The van der Waals surface area contributed by atoms with Crippen LogP contribution in [0, 0.1) is 23.7 Å². The number of aryl methyl sites for hydroxylation is 1. The Balaban J connectivity index is 2.46. The smallest absolute Gasteiger partial charge is 0.152 e. The lowest BCUT2D eigenvalue weighted by atomic mass is 10.0. The molecule has 1 N–H and O–H groups in total. The molecule has 1 fully saturated rings. The molecule has 1 saturated carbocycles. The van der Waals surface area contributed by atoms with E-state index in [0.29, 0.717) is 0 Å². The second-order valence-corrected chi connectivity index (χ2v) is 7.12. The average Bonchev–Trinajstić information content (AvgIpc) is 3.00. The van der Waals surface area contributed by atoms with Crippen LogP contribution in [0.15, 0.2) is 24.3 Å². The van der Waals surface area contributed by atoms with E-state index in [1.807, 2.05) is 37.3 Å². The van der Waals surface area contributed by atoms with Gasteiger partial charge in [0.2, 0.25) is 0 Å². The van der Waals surface area contributed by atoms with E-state index < -0.39 is 33.0 Å². The monoisotopic (exact) mass is 265 g/mol. The van der Waals surface area contributed by atoms with Gasteiger partial charge in [-0.2, -0.15) is 5.26 Å². The maximum Gasteiger partial charge on any atom is 0.152 e. The highest BCUT2D eigenvalue weighted by atomic mass is 32.2. The third-order valence-electron chi connectivity index (χ3n) is 3.62. The largest absolute Gasteiger partial charge is 0.395 e. The molecule has 1 aromatic carbocycles. The standard InChI is InChI=1S/C13H15NO3S/c1-9-3-5-10(6-4-9)11-12(18(2,16)17)13(11,7-14)8-15/h3-6,11-12,15H,8H2,1-2H3/t11-,12-,13+/m1/s1. The minimum absolute atomic E-state index is 0.428. The molecule has 0 saturated heterocycles. The molecule has 0 radical (unpaired) electrons. The minimum atomic E-state index is -3.35. The zero-order valence-electron chi connectivity index (χ0n) is 10.3. The number of sulfone groups is 1. The second-order valence-electron chi connectivity index (χ2n) is 4.95. The fraction of sp³-hybridized carbons (Fsp3) is 0.462. The first-order valence-corrected chi connectivity index (χ1v) is 7.60. The van der Waals surface area contributed by atoms with E-state index in [-0.39, 0.29) is 0 Å². The third-order valence-corrected chi connectivity index (χ3v) is 5.24. The van der Waals surface area contributed by atoms with Crippen molar-refractivity contribution in [1.82, 2.24) is 0 Å². The molecular formula is C13H15NO3S. The van der Waals surface area contributed by atoms with Crippen LogP contribution in [0.2, 0.25) is 0 Å². The number of nitriles is 1. The van der Waals surface area contributed by atoms with Crippen LogP contribution < -0.4 is 0 Å². The topological polar surface area (TPSA) is 78.2 Å². The highest BCUT2D eigenvalue weighted by Gasteiger charge is 2.70. The molecule has 0 aliphatic heterocycles. The molecule has 0 heterocycles. The fourth-order valence-electron chi connectivity index (χ4n) is 2.64. The molecule has 0 spiro atoms. The highest BCUT2D eigenvalue weighted by Crippen LogP contribution is 2.62. The van der Waals surface area contributed by atoms with Crippen molar-refractivity contribution in [3.8, 4) is 6.07 Å². The molecule has 0 amide bonds. The Morgan fingerprint density at radius 1 is 1.39 bits per heavy atom. The molecule has 1 aliphatic rings. The first kappa shape index (κ1) is 13.1.